The van der Waals surface area contributed by atoms with Crippen LogP contribution in [0.2, 0.25) is 0 Å². The molecule has 0 aromatic rings. The monoisotopic (exact) mass is 285 g/mol. The molecule has 0 saturated carbocycles. The molecule has 1 fully saturated rings. The number of hydrogen-bond acceptors (Lipinski definition) is 3. The van der Waals surface area contributed by atoms with Crippen LogP contribution in [0.15, 0.2) is 4.99 Å². The van der Waals surface area contributed by atoms with E-state index >= 15 is 0 Å². The van der Waals surface area contributed by atoms with Crippen LogP contribution in [0.1, 0.15) is 33.6 Å². The normalized spacial score (nSPS) is 19.9. The molecule has 0 spiro atoms. The lowest BCUT2D eigenvalue weighted by Gasteiger charge is -2.21. The molecular formula is C15H31N3O2. The molecule has 1 aliphatic heterocycles. The van der Waals surface area contributed by atoms with E-state index in [0.717, 1.165) is 51.8 Å². The fraction of sp³-hybridized carbons (Fsp3) is 0.933. The molecule has 1 aliphatic rings. The highest BCUT2D eigenvalue weighted by atomic mass is 16.5. The van der Waals surface area contributed by atoms with Gasteiger partial charge in [-0.3, -0.25) is 4.99 Å². The first-order valence-corrected chi connectivity index (χ1v) is 7.81. The summed E-state index contributed by atoms with van der Waals surface area (Å²) in [6, 6.07) is 0. The maximum Gasteiger partial charge on any atom is 0.193 e. The fourth-order valence-corrected chi connectivity index (χ4v) is 2.39. The number of methoxy groups -OCH3 is 1. The van der Waals surface area contributed by atoms with E-state index < -0.39 is 0 Å². The molecule has 0 amide bonds. The molecule has 1 rings (SSSR count). The van der Waals surface area contributed by atoms with Crippen molar-refractivity contribution in [2.75, 3.05) is 46.5 Å². The van der Waals surface area contributed by atoms with Gasteiger partial charge in [0.25, 0.3) is 0 Å². The Bertz CT molecular complexity index is 282. The second-order valence-corrected chi connectivity index (χ2v) is 5.56. The molecule has 1 heterocycles. The molecule has 1 unspecified atom stereocenters. The highest BCUT2D eigenvalue weighted by molar-refractivity contribution is 5.80. The van der Waals surface area contributed by atoms with Crippen LogP contribution in [0.4, 0.5) is 0 Å². The summed E-state index contributed by atoms with van der Waals surface area (Å²) in [4.78, 5) is 7.04. The summed E-state index contributed by atoms with van der Waals surface area (Å²) < 4.78 is 10.8. The Balaban J connectivity index is 2.35. The second kappa shape index (κ2) is 10.00. The van der Waals surface area contributed by atoms with E-state index in [1.807, 2.05) is 0 Å². The Hall–Kier alpha value is -0.810. The van der Waals surface area contributed by atoms with Crippen molar-refractivity contribution in [3.05, 3.63) is 0 Å². The summed E-state index contributed by atoms with van der Waals surface area (Å²) in [7, 11) is 1.77. The predicted molar refractivity (Wildman–Crippen MR) is 83.2 cm³/mol. The van der Waals surface area contributed by atoms with Crippen molar-refractivity contribution in [3.63, 3.8) is 0 Å². The van der Waals surface area contributed by atoms with Crippen LogP contribution in [-0.4, -0.2) is 63.5 Å². The van der Waals surface area contributed by atoms with Crippen molar-refractivity contribution in [1.29, 1.82) is 0 Å². The van der Waals surface area contributed by atoms with Gasteiger partial charge in [0.15, 0.2) is 5.96 Å². The molecule has 0 aromatic heterocycles. The van der Waals surface area contributed by atoms with Gasteiger partial charge in [-0.25, -0.2) is 0 Å². The first kappa shape index (κ1) is 17.2. The van der Waals surface area contributed by atoms with Crippen LogP contribution in [0.3, 0.4) is 0 Å². The van der Waals surface area contributed by atoms with Gasteiger partial charge in [0.1, 0.15) is 0 Å². The minimum atomic E-state index is 0.306. The average Bonchev–Trinajstić information content (AvgIpc) is 2.86. The number of aliphatic imine (C=N–C) groups is 1. The third kappa shape index (κ3) is 6.57. The zero-order chi connectivity index (χ0) is 14.8. The van der Waals surface area contributed by atoms with Crippen molar-refractivity contribution in [3.8, 4) is 0 Å². The van der Waals surface area contributed by atoms with Gasteiger partial charge in [-0.05, 0) is 33.6 Å². The van der Waals surface area contributed by atoms with E-state index in [1.165, 1.54) is 6.42 Å². The van der Waals surface area contributed by atoms with E-state index in [2.05, 4.69) is 31.0 Å². The van der Waals surface area contributed by atoms with E-state index in [4.69, 9.17) is 14.5 Å². The Labute approximate surface area is 123 Å². The molecule has 1 N–H and O–H groups in total. The van der Waals surface area contributed by atoms with Gasteiger partial charge in [-0.1, -0.05) is 0 Å². The summed E-state index contributed by atoms with van der Waals surface area (Å²) in [5.74, 6) is 1.67. The van der Waals surface area contributed by atoms with E-state index in [9.17, 15) is 0 Å². The number of ether oxygens (including phenoxy) is 2. The number of likely N-dealkylation sites (tertiary alicyclic amines) is 1. The molecule has 5 heteroatoms. The lowest BCUT2D eigenvalue weighted by atomic mass is 10.1. The quantitative estimate of drug-likeness (QED) is 0.419. The molecule has 0 bridgehead atoms. The minimum absolute atomic E-state index is 0.306. The summed E-state index contributed by atoms with van der Waals surface area (Å²) in [6.45, 7) is 11.7. The molecule has 0 radical (unpaired) electrons. The van der Waals surface area contributed by atoms with Crippen LogP contribution in [0.5, 0.6) is 0 Å². The molecule has 0 aromatic carbocycles. The predicted octanol–water partition coefficient (Wildman–Crippen LogP) is 1.74. The molecule has 1 saturated heterocycles. The number of nitrogens with zero attached hydrogens (tertiary/aromatic N) is 2. The Morgan fingerprint density at radius 1 is 1.45 bits per heavy atom. The molecule has 118 valence electrons. The highest BCUT2D eigenvalue weighted by Gasteiger charge is 2.24. The zero-order valence-corrected chi connectivity index (χ0v) is 13.5. The topological polar surface area (TPSA) is 46.1 Å². The SMILES string of the molecule is CCNC(=NCCCOC(C)C)N1CCC(COC)C1. The van der Waals surface area contributed by atoms with Crippen molar-refractivity contribution < 1.29 is 9.47 Å². The van der Waals surface area contributed by atoms with Crippen LogP contribution in [0, 0.1) is 5.92 Å². The molecule has 1 atom stereocenters. The van der Waals surface area contributed by atoms with Crippen molar-refractivity contribution in [2.24, 2.45) is 10.9 Å². The van der Waals surface area contributed by atoms with Gasteiger partial charge < -0.3 is 19.7 Å². The Morgan fingerprint density at radius 3 is 2.90 bits per heavy atom. The average molecular weight is 285 g/mol. The van der Waals surface area contributed by atoms with Crippen LogP contribution in [-0.2, 0) is 9.47 Å². The van der Waals surface area contributed by atoms with Crippen molar-refractivity contribution in [1.82, 2.24) is 10.2 Å². The third-order valence-electron chi connectivity index (χ3n) is 3.34. The highest BCUT2D eigenvalue weighted by Crippen LogP contribution is 2.16. The Morgan fingerprint density at radius 2 is 2.25 bits per heavy atom. The minimum Gasteiger partial charge on any atom is -0.384 e. The fourth-order valence-electron chi connectivity index (χ4n) is 2.39. The van der Waals surface area contributed by atoms with Gasteiger partial charge >= 0.3 is 0 Å². The van der Waals surface area contributed by atoms with Gasteiger partial charge in [0, 0.05) is 45.8 Å². The van der Waals surface area contributed by atoms with Gasteiger partial charge in [-0.2, -0.15) is 0 Å². The van der Waals surface area contributed by atoms with Gasteiger partial charge in [0.2, 0.25) is 0 Å². The summed E-state index contributed by atoms with van der Waals surface area (Å²) in [6.07, 6.45) is 2.47. The third-order valence-corrected chi connectivity index (χ3v) is 3.34. The Kier molecular flexibility index (Phi) is 8.62. The van der Waals surface area contributed by atoms with Crippen molar-refractivity contribution in [2.45, 2.75) is 39.7 Å². The van der Waals surface area contributed by atoms with Crippen LogP contribution in [0.25, 0.3) is 0 Å². The maximum atomic E-state index is 5.54. The number of nitrogens with one attached hydrogen (secondary N) is 1. The largest absolute Gasteiger partial charge is 0.384 e. The smallest absolute Gasteiger partial charge is 0.193 e. The second-order valence-electron chi connectivity index (χ2n) is 5.56. The van der Waals surface area contributed by atoms with Crippen molar-refractivity contribution >= 4 is 5.96 Å². The van der Waals surface area contributed by atoms with Gasteiger partial charge in [0.05, 0.1) is 12.7 Å². The van der Waals surface area contributed by atoms with E-state index in [1.54, 1.807) is 7.11 Å². The number of rotatable bonds is 8. The molecular weight excluding hydrogens is 254 g/mol. The number of guanidine groups is 1. The molecule has 0 aliphatic carbocycles. The molecule has 20 heavy (non-hydrogen) atoms. The lowest BCUT2D eigenvalue weighted by molar-refractivity contribution is 0.0782. The van der Waals surface area contributed by atoms with Gasteiger partial charge in [-0.15, -0.1) is 0 Å². The molecule has 5 nitrogen and oxygen atoms in total. The standard InChI is InChI=1S/C15H31N3O2/c1-5-16-15(17-8-6-10-20-13(2)3)18-9-7-14(11-18)12-19-4/h13-14H,5-12H2,1-4H3,(H,16,17). The van der Waals surface area contributed by atoms with Crippen LogP contribution < -0.4 is 5.32 Å². The van der Waals surface area contributed by atoms with E-state index in [-0.39, 0.29) is 0 Å². The van der Waals surface area contributed by atoms with E-state index in [0.29, 0.717) is 12.0 Å². The zero-order valence-electron chi connectivity index (χ0n) is 13.5. The lowest BCUT2D eigenvalue weighted by Crippen LogP contribution is -2.40. The first-order valence-electron chi connectivity index (χ1n) is 7.81. The summed E-state index contributed by atoms with van der Waals surface area (Å²) in [5.41, 5.74) is 0. The van der Waals surface area contributed by atoms with Crippen LogP contribution >= 0.6 is 0 Å². The summed E-state index contributed by atoms with van der Waals surface area (Å²) in [5, 5.41) is 3.38. The summed E-state index contributed by atoms with van der Waals surface area (Å²) >= 11 is 0. The first-order chi connectivity index (χ1) is 9.67. The maximum absolute atomic E-state index is 5.54. The number of hydrogen-bond donors (Lipinski definition) is 1.